The second-order valence-electron chi connectivity index (χ2n) is 2.93. The number of nitrogens with one attached hydrogen (secondary N) is 1. The highest BCUT2D eigenvalue weighted by molar-refractivity contribution is 7.99. The minimum absolute atomic E-state index is 0.531. The molecule has 0 saturated heterocycles. The van der Waals surface area contributed by atoms with Crippen LogP contribution in [0.4, 0.5) is 0 Å². The zero-order valence-electron chi connectivity index (χ0n) is 8.52. The lowest BCUT2D eigenvalue weighted by Gasteiger charge is -2.02. The van der Waals surface area contributed by atoms with Gasteiger partial charge in [-0.2, -0.15) is 0 Å². The molecule has 86 valence electrons. The summed E-state index contributed by atoms with van der Waals surface area (Å²) in [5.74, 6) is 1.37. The first-order valence-electron chi connectivity index (χ1n) is 4.82. The Morgan fingerprint density at radius 1 is 1.31 bits per heavy atom. The molecule has 0 saturated carbocycles. The van der Waals surface area contributed by atoms with Crippen LogP contribution in [0.2, 0.25) is 0 Å². The van der Waals surface area contributed by atoms with Crippen LogP contribution in [0, 0.1) is 0 Å². The summed E-state index contributed by atoms with van der Waals surface area (Å²) in [4.78, 5) is 15.3. The number of imidazole rings is 1. The van der Waals surface area contributed by atoms with Crippen LogP contribution in [0.15, 0.2) is 17.7 Å². The molecule has 0 radical (unpaired) electrons. The van der Waals surface area contributed by atoms with Crippen molar-refractivity contribution in [2.75, 3.05) is 24.8 Å². The molecule has 0 spiro atoms. The summed E-state index contributed by atoms with van der Waals surface area (Å²) < 4.78 is 5.28. The summed E-state index contributed by atoms with van der Waals surface area (Å²) in [6.07, 6.45) is 3.14. The van der Waals surface area contributed by atoms with Crippen LogP contribution < -0.4 is 0 Å². The maximum Gasteiger partial charge on any atom is 0.181 e. The van der Waals surface area contributed by atoms with Gasteiger partial charge in [-0.3, -0.25) is 0 Å². The van der Waals surface area contributed by atoms with E-state index in [2.05, 4.69) is 19.9 Å². The van der Waals surface area contributed by atoms with Gasteiger partial charge in [-0.15, -0.1) is 23.4 Å². The Morgan fingerprint density at radius 2 is 2.25 bits per heavy atom. The molecule has 0 aliphatic carbocycles. The van der Waals surface area contributed by atoms with Gasteiger partial charge in [-0.05, 0) is 0 Å². The average Bonchev–Trinajstić information content (AvgIpc) is 2.77. The molecule has 2 aromatic rings. The zero-order chi connectivity index (χ0) is 11.2. The monoisotopic (exact) mass is 258 g/mol. The minimum atomic E-state index is 0.531. The Bertz CT molecular complexity index is 450. The summed E-state index contributed by atoms with van der Waals surface area (Å²) >= 11 is 7.11. The smallest absolute Gasteiger partial charge is 0.181 e. The Balaban J connectivity index is 1.91. The summed E-state index contributed by atoms with van der Waals surface area (Å²) in [6, 6.07) is 0. The number of nitrogens with zero attached hydrogens (tertiary/aromatic N) is 3. The molecule has 2 heterocycles. The fraction of sp³-hybridized carbons (Fsp3) is 0.444. The van der Waals surface area contributed by atoms with Gasteiger partial charge in [0.2, 0.25) is 0 Å². The van der Waals surface area contributed by atoms with E-state index in [1.807, 2.05) is 0 Å². The number of hydrogen-bond acceptors (Lipinski definition) is 5. The predicted octanol–water partition coefficient (Wildman–Crippen LogP) is 1.70. The third kappa shape index (κ3) is 2.84. The molecule has 16 heavy (non-hydrogen) atoms. The molecule has 0 amide bonds. The molecule has 0 aliphatic heterocycles. The Kier molecular flexibility index (Phi) is 4.38. The lowest BCUT2D eigenvalue weighted by molar-refractivity contribution is 0.166. The Labute approximate surface area is 102 Å². The van der Waals surface area contributed by atoms with Gasteiger partial charge in [0, 0.05) is 11.6 Å². The molecule has 0 fully saturated rings. The van der Waals surface area contributed by atoms with Crippen molar-refractivity contribution in [3.05, 3.63) is 12.7 Å². The van der Waals surface area contributed by atoms with E-state index in [1.54, 1.807) is 18.1 Å². The fourth-order valence-electron chi connectivity index (χ4n) is 1.21. The second-order valence-corrected chi connectivity index (χ2v) is 4.39. The number of aromatic amines is 1. The number of alkyl halides is 1. The average molecular weight is 259 g/mol. The van der Waals surface area contributed by atoms with E-state index < -0.39 is 0 Å². The molecule has 0 bridgehead atoms. The van der Waals surface area contributed by atoms with Crippen molar-refractivity contribution in [3.8, 4) is 0 Å². The van der Waals surface area contributed by atoms with E-state index in [1.165, 1.54) is 6.33 Å². The lowest BCUT2D eigenvalue weighted by Crippen LogP contribution is -2.00. The van der Waals surface area contributed by atoms with Crippen LogP contribution in [-0.2, 0) is 4.74 Å². The molecule has 2 rings (SSSR count). The van der Waals surface area contributed by atoms with E-state index >= 15 is 0 Å². The van der Waals surface area contributed by atoms with Gasteiger partial charge in [-0.25, -0.2) is 15.0 Å². The van der Waals surface area contributed by atoms with E-state index in [0.29, 0.717) is 24.7 Å². The third-order valence-corrected chi connectivity index (χ3v) is 2.98. The van der Waals surface area contributed by atoms with Crippen LogP contribution in [0.1, 0.15) is 0 Å². The van der Waals surface area contributed by atoms with Crippen LogP contribution in [-0.4, -0.2) is 44.8 Å². The van der Waals surface area contributed by atoms with Crippen molar-refractivity contribution in [3.63, 3.8) is 0 Å². The van der Waals surface area contributed by atoms with Gasteiger partial charge in [0.15, 0.2) is 5.65 Å². The molecule has 0 unspecified atom stereocenters. The number of thioether (sulfide) groups is 1. The van der Waals surface area contributed by atoms with Gasteiger partial charge in [0.05, 0.1) is 19.5 Å². The highest BCUT2D eigenvalue weighted by Gasteiger charge is 2.05. The number of ether oxygens (including phenoxy) is 1. The highest BCUT2D eigenvalue weighted by atomic mass is 35.5. The molecular weight excluding hydrogens is 248 g/mol. The quantitative estimate of drug-likeness (QED) is 0.370. The van der Waals surface area contributed by atoms with Crippen molar-refractivity contribution in [1.29, 1.82) is 0 Å². The van der Waals surface area contributed by atoms with E-state index in [9.17, 15) is 0 Å². The number of aromatic nitrogens is 4. The Hall–Kier alpha value is -0.850. The highest BCUT2D eigenvalue weighted by Crippen LogP contribution is 2.21. The topological polar surface area (TPSA) is 63.7 Å². The first kappa shape index (κ1) is 11.6. The minimum Gasteiger partial charge on any atom is -0.379 e. The number of H-pyrrole nitrogens is 1. The van der Waals surface area contributed by atoms with Crippen LogP contribution in [0.5, 0.6) is 0 Å². The third-order valence-electron chi connectivity index (χ3n) is 1.88. The van der Waals surface area contributed by atoms with Gasteiger partial charge in [-0.1, -0.05) is 0 Å². The van der Waals surface area contributed by atoms with Crippen LogP contribution in [0.3, 0.4) is 0 Å². The fourth-order valence-corrected chi connectivity index (χ4v) is 2.13. The lowest BCUT2D eigenvalue weighted by atomic mass is 10.6. The van der Waals surface area contributed by atoms with Crippen molar-refractivity contribution in [1.82, 2.24) is 19.9 Å². The molecule has 2 aromatic heterocycles. The number of fused-ring (bicyclic) bond motifs is 1. The summed E-state index contributed by atoms with van der Waals surface area (Å²) in [5.41, 5.74) is 1.57. The van der Waals surface area contributed by atoms with Gasteiger partial charge < -0.3 is 9.72 Å². The molecule has 1 N–H and O–H groups in total. The molecule has 7 heteroatoms. The summed E-state index contributed by atoms with van der Waals surface area (Å²) in [5, 5.41) is 0.900. The van der Waals surface area contributed by atoms with Crippen LogP contribution in [0.25, 0.3) is 11.2 Å². The molecule has 5 nitrogen and oxygen atoms in total. The Morgan fingerprint density at radius 3 is 3.12 bits per heavy atom. The van der Waals surface area contributed by atoms with Crippen molar-refractivity contribution >= 4 is 34.5 Å². The SMILES string of the molecule is ClCCOCCSc1ncnc2nc[nH]c12. The van der Waals surface area contributed by atoms with E-state index in [0.717, 1.165) is 16.3 Å². The number of halogens is 1. The van der Waals surface area contributed by atoms with Crippen molar-refractivity contribution < 1.29 is 4.74 Å². The van der Waals surface area contributed by atoms with Gasteiger partial charge >= 0.3 is 0 Å². The van der Waals surface area contributed by atoms with Crippen LogP contribution >= 0.6 is 23.4 Å². The standard InChI is InChI=1S/C9H11ClN4OS/c10-1-2-15-3-4-16-9-7-8(12-5-11-7)13-6-14-9/h5-6H,1-4H2,(H,11,12,13,14). The maximum atomic E-state index is 5.50. The summed E-state index contributed by atoms with van der Waals surface area (Å²) in [6.45, 7) is 1.25. The molecule has 0 atom stereocenters. The molecule has 0 aromatic carbocycles. The first-order chi connectivity index (χ1) is 7.92. The molecule has 0 aliphatic rings. The van der Waals surface area contributed by atoms with Gasteiger partial charge in [0.1, 0.15) is 16.9 Å². The maximum absolute atomic E-state index is 5.50. The summed E-state index contributed by atoms with van der Waals surface area (Å²) in [7, 11) is 0. The normalized spacial score (nSPS) is 11.1. The largest absolute Gasteiger partial charge is 0.379 e. The number of rotatable bonds is 6. The second kappa shape index (κ2) is 6.03. The molecular formula is C9H11ClN4OS. The van der Waals surface area contributed by atoms with Crippen molar-refractivity contribution in [2.45, 2.75) is 5.03 Å². The number of hydrogen-bond donors (Lipinski definition) is 1. The van der Waals surface area contributed by atoms with E-state index in [4.69, 9.17) is 16.3 Å². The predicted molar refractivity (Wildman–Crippen MR) is 63.9 cm³/mol. The van der Waals surface area contributed by atoms with Gasteiger partial charge in [0.25, 0.3) is 0 Å². The first-order valence-corrected chi connectivity index (χ1v) is 6.34. The van der Waals surface area contributed by atoms with E-state index in [-0.39, 0.29) is 0 Å². The van der Waals surface area contributed by atoms with Crippen molar-refractivity contribution in [2.24, 2.45) is 0 Å². The zero-order valence-corrected chi connectivity index (χ0v) is 10.1.